The van der Waals surface area contributed by atoms with Gasteiger partial charge in [0.2, 0.25) is 0 Å². The summed E-state index contributed by atoms with van der Waals surface area (Å²) in [5, 5.41) is 5.51. The molecule has 0 unspecified atom stereocenters. The van der Waals surface area contributed by atoms with Gasteiger partial charge < -0.3 is 0 Å². The summed E-state index contributed by atoms with van der Waals surface area (Å²) in [5.41, 5.74) is 0.413. The molecular formula is C15H17ClN4O2S. The summed E-state index contributed by atoms with van der Waals surface area (Å²) in [6.07, 6.45) is 6.29. The predicted octanol–water partition coefficient (Wildman–Crippen LogP) is 4.60. The van der Waals surface area contributed by atoms with Gasteiger partial charge in [0, 0.05) is 12.6 Å². The average Bonchev–Trinajstić information content (AvgIpc) is 2.92. The van der Waals surface area contributed by atoms with E-state index in [9.17, 15) is 9.59 Å². The lowest BCUT2D eigenvalue weighted by atomic mass is 10.1. The van der Waals surface area contributed by atoms with Gasteiger partial charge in [0.05, 0.1) is 11.8 Å². The van der Waals surface area contributed by atoms with Crippen LogP contribution in [0.25, 0.3) is 0 Å². The van der Waals surface area contributed by atoms with Crippen LogP contribution in [0, 0.1) is 0 Å². The number of hydrogen-bond donors (Lipinski definition) is 2. The molecular weight excluding hydrogens is 336 g/mol. The third kappa shape index (κ3) is 5.30. The second-order valence-electron chi connectivity index (χ2n) is 4.83. The number of amides is 2. The van der Waals surface area contributed by atoms with Gasteiger partial charge in [0.15, 0.2) is 10.9 Å². The predicted molar refractivity (Wildman–Crippen MR) is 92.5 cm³/mol. The molecule has 2 N–H and O–H groups in total. The van der Waals surface area contributed by atoms with E-state index in [0.717, 1.165) is 30.6 Å². The number of thiazole rings is 1. The number of aromatic nitrogens is 2. The smallest absolute Gasteiger partial charge is 0.294 e. The molecule has 0 spiro atoms. The first-order valence-corrected chi connectivity index (χ1v) is 8.47. The Morgan fingerprint density at radius 2 is 2.09 bits per heavy atom. The Kier molecular flexibility index (Phi) is 6.49. The number of hydrogen-bond acceptors (Lipinski definition) is 5. The number of nitrogens with one attached hydrogen (secondary N) is 2. The number of anilines is 2. The number of pyridine rings is 1. The van der Waals surface area contributed by atoms with Crippen LogP contribution in [-0.2, 0) is 0 Å². The van der Waals surface area contributed by atoms with Crippen molar-refractivity contribution >= 4 is 45.7 Å². The van der Waals surface area contributed by atoms with E-state index in [1.165, 1.54) is 12.4 Å². The molecule has 2 rings (SSSR count). The van der Waals surface area contributed by atoms with E-state index in [-0.39, 0.29) is 11.6 Å². The van der Waals surface area contributed by atoms with Crippen molar-refractivity contribution < 1.29 is 9.59 Å². The molecule has 0 aliphatic heterocycles. The molecule has 23 heavy (non-hydrogen) atoms. The standard InChI is InChI=1S/C15H17ClN4O2S/c1-2-3-4-7-11(21)10-6-5-8-17-13(10)19-14(22)20-15-18-9-12(16)23-15/h5-6,8-9H,2-4,7H2,1H3,(H2,17,18,19,20,22). The number of Topliss-reactive ketones (excluding diaryl/α,β-unsaturated/α-hetero) is 1. The number of rotatable bonds is 7. The molecule has 2 aromatic rings. The van der Waals surface area contributed by atoms with Crippen molar-refractivity contribution in [2.45, 2.75) is 32.6 Å². The maximum atomic E-state index is 12.2. The van der Waals surface area contributed by atoms with Crippen molar-refractivity contribution in [1.29, 1.82) is 0 Å². The lowest BCUT2D eigenvalue weighted by Crippen LogP contribution is -2.21. The molecule has 0 atom stereocenters. The minimum Gasteiger partial charge on any atom is -0.294 e. The van der Waals surface area contributed by atoms with Gasteiger partial charge in [0.25, 0.3) is 0 Å². The minimum absolute atomic E-state index is 0.0286. The normalized spacial score (nSPS) is 10.3. The maximum absolute atomic E-state index is 12.2. The van der Waals surface area contributed by atoms with Gasteiger partial charge in [-0.1, -0.05) is 42.7 Å². The Morgan fingerprint density at radius 3 is 2.78 bits per heavy atom. The van der Waals surface area contributed by atoms with Gasteiger partial charge in [0.1, 0.15) is 10.2 Å². The van der Waals surface area contributed by atoms with E-state index in [1.54, 1.807) is 12.1 Å². The van der Waals surface area contributed by atoms with E-state index in [0.29, 0.717) is 21.5 Å². The van der Waals surface area contributed by atoms with Crippen molar-refractivity contribution in [2.24, 2.45) is 0 Å². The zero-order valence-electron chi connectivity index (χ0n) is 12.6. The summed E-state index contributed by atoms with van der Waals surface area (Å²) in [6.45, 7) is 2.08. The lowest BCUT2D eigenvalue weighted by molar-refractivity contribution is 0.0980. The topological polar surface area (TPSA) is 84.0 Å². The van der Waals surface area contributed by atoms with Crippen LogP contribution in [0.5, 0.6) is 0 Å². The van der Waals surface area contributed by atoms with E-state index in [4.69, 9.17) is 11.6 Å². The quantitative estimate of drug-likeness (QED) is 0.563. The Balaban J connectivity index is 2.01. The third-order valence-electron chi connectivity index (χ3n) is 3.05. The Morgan fingerprint density at radius 1 is 1.26 bits per heavy atom. The van der Waals surface area contributed by atoms with Crippen molar-refractivity contribution in [3.8, 4) is 0 Å². The molecule has 0 saturated heterocycles. The zero-order chi connectivity index (χ0) is 16.7. The summed E-state index contributed by atoms with van der Waals surface area (Å²) in [6, 6.07) is 2.82. The van der Waals surface area contributed by atoms with Gasteiger partial charge in [-0.05, 0) is 18.6 Å². The fourth-order valence-corrected chi connectivity index (χ4v) is 2.76. The summed E-state index contributed by atoms with van der Waals surface area (Å²) in [7, 11) is 0. The van der Waals surface area contributed by atoms with Gasteiger partial charge in [-0.25, -0.2) is 14.8 Å². The Labute approximate surface area is 143 Å². The number of nitrogens with zero attached hydrogens (tertiary/aromatic N) is 2. The summed E-state index contributed by atoms with van der Waals surface area (Å²) >= 11 is 6.90. The first-order chi connectivity index (χ1) is 11.1. The van der Waals surface area contributed by atoms with Crippen LogP contribution in [0.4, 0.5) is 15.7 Å². The fourth-order valence-electron chi connectivity index (χ4n) is 1.95. The van der Waals surface area contributed by atoms with Crippen LogP contribution >= 0.6 is 22.9 Å². The van der Waals surface area contributed by atoms with Crippen LogP contribution in [0.1, 0.15) is 43.0 Å². The largest absolute Gasteiger partial charge is 0.326 e. The van der Waals surface area contributed by atoms with E-state index in [1.807, 2.05) is 0 Å². The highest BCUT2D eigenvalue weighted by Gasteiger charge is 2.14. The first-order valence-electron chi connectivity index (χ1n) is 7.27. The van der Waals surface area contributed by atoms with Gasteiger partial charge in [-0.3, -0.25) is 15.4 Å². The van der Waals surface area contributed by atoms with Crippen molar-refractivity contribution in [3.05, 3.63) is 34.4 Å². The van der Waals surface area contributed by atoms with Crippen LogP contribution < -0.4 is 10.6 Å². The van der Waals surface area contributed by atoms with Crippen molar-refractivity contribution in [3.63, 3.8) is 0 Å². The Bertz CT molecular complexity index is 690. The lowest BCUT2D eigenvalue weighted by Gasteiger charge is -2.09. The van der Waals surface area contributed by atoms with Crippen molar-refractivity contribution in [2.75, 3.05) is 10.6 Å². The molecule has 0 aromatic carbocycles. The molecule has 2 amide bonds. The second-order valence-corrected chi connectivity index (χ2v) is 6.49. The third-order valence-corrected chi connectivity index (χ3v) is 4.08. The van der Waals surface area contributed by atoms with Crippen LogP contribution in [0.2, 0.25) is 4.34 Å². The molecule has 0 fully saturated rings. The van der Waals surface area contributed by atoms with Crippen molar-refractivity contribution in [1.82, 2.24) is 9.97 Å². The highest BCUT2D eigenvalue weighted by Crippen LogP contribution is 2.23. The summed E-state index contributed by atoms with van der Waals surface area (Å²) in [5.74, 6) is 0.216. The summed E-state index contributed by atoms with van der Waals surface area (Å²) < 4.78 is 0.477. The highest BCUT2D eigenvalue weighted by molar-refractivity contribution is 7.19. The van der Waals surface area contributed by atoms with Crippen LogP contribution in [0.15, 0.2) is 24.5 Å². The number of carbonyl (C=O) groups excluding carboxylic acids is 2. The molecule has 0 bridgehead atoms. The van der Waals surface area contributed by atoms with Gasteiger partial charge in [-0.15, -0.1) is 0 Å². The van der Waals surface area contributed by atoms with Gasteiger partial charge in [-0.2, -0.15) is 0 Å². The SMILES string of the molecule is CCCCCC(=O)c1cccnc1NC(=O)Nc1ncc(Cl)s1. The Hall–Kier alpha value is -1.99. The maximum Gasteiger partial charge on any atom is 0.326 e. The summed E-state index contributed by atoms with van der Waals surface area (Å²) in [4.78, 5) is 32.2. The molecule has 2 heterocycles. The molecule has 8 heteroatoms. The van der Waals surface area contributed by atoms with Gasteiger partial charge >= 0.3 is 6.03 Å². The molecule has 122 valence electrons. The number of halogens is 1. The number of urea groups is 1. The molecule has 2 aromatic heterocycles. The molecule has 0 aliphatic rings. The number of carbonyl (C=O) groups is 2. The van der Waals surface area contributed by atoms with Crippen LogP contribution in [-0.4, -0.2) is 21.8 Å². The minimum atomic E-state index is -0.516. The average molecular weight is 353 g/mol. The number of ketones is 1. The monoisotopic (exact) mass is 352 g/mol. The van der Waals surface area contributed by atoms with E-state index in [2.05, 4.69) is 27.5 Å². The first kappa shape index (κ1) is 17.4. The molecule has 0 radical (unpaired) electrons. The van der Waals surface area contributed by atoms with E-state index < -0.39 is 6.03 Å². The fraction of sp³-hybridized carbons (Fsp3) is 0.333. The molecule has 6 nitrogen and oxygen atoms in total. The van der Waals surface area contributed by atoms with E-state index >= 15 is 0 Å². The molecule has 0 aliphatic carbocycles. The second kappa shape index (κ2) is 8.59. The highest BCUT2D eigenvalue weighted by atomic mass is 35.5. The van der Waals surface area contributed by atoms with Crippen LogP contribution in [0.3, 0.4) is 0 Å². The molecule has 0 saturated carbocycles. The number of unbranched alkanes of at least 4 members (excludes halogenated alkanes) is 2. The zero-order valence-corrected chi connectivity index (χ0v) is 14.2.